The molecule has 0 unspecified atom stereocenters. The second-order valence-corrected chi connectivity index (χ2v) is 5.86. The molecule has 100 valence electrons. The Hall–Kier alpha value is -1.13. The molecule has 1 heterocycles. The van der Waals surface area contributed by atoms with Crippen molar-refractivity contribution in [2.24, 2.45) is 16.5 Å². The van der Waals surface area contributed by atoms with Crippen molar-refractivity contribution < 1.29 is 4.63 Å². The number of benzene rings is 1. The molecule has 19 heavy (non-hydrogen) atoms. The summed E-state index contributed by atoms with van der Waals surface area (Å²) in [7, 11) is 0. The maximum atomic E-state index is 5.93. The van der Waals surface area contributed by atoms with Gasteiger partial charge in [-0.1, -0.05) is 17.8 Å². The zero-order chi connectivity index (χ0) is 13.7. The van der Waals surface area contributed by atoms with Gasteiger partial charge in [-0.25, -0.2) is 9.62 Å². The number of hydrogen-bond acceptors (Lipinski definition) is 6. The number of amidine groups is 1. The predicted octanol–water partition coefficient (Wildman–Crippen LogP) is 1.76. The first-order chi connectivity index (χ1) is 9.20. The van der Waals surface area contributed by atoms with Crippen LogP contribution < -0.4 is 11.5 Å². The number of aromatic nitrogens is 2. The molecule has 0 fully saturated rings. The summed E-state index contributed by atoms with van der Waals surface area (Å²) in [5.41, 5.74) is 12.6. The van der Waals surface area contributed by atoms with Gasteiger partial charge in [0.2, 0.25) is 0 Å². The first-order valence-electron chi connectivity index (χ1n) is 5.46. The molecule has 2 aromatic rings. The average Bonchev–Trinajstić information content (AvgIpc) is 2.84. The van der Waals surface area contributed by atoms with Crippen molar-refractivity contribution in [3.8, 4) is 0 Å². The van der Waals surface area contributed by atoms with Crippen LogP contribution in [0.2, 0.25) is 0 Å². The van der Waals surface area contributed by atoms with Crippen LogP contribution in [0, 0.1) is 3.57 Å². The van der Waals surface area contributed by atoms with Crippen LogP contribution in [0.25, 0.3) is 0 Å². The van der Waals surface area contributed by atoms with Crippen LogP contribution >= 0.6 is 34.4 Å². The number of aliphatic imine (C=N–C) groups is 1. The van der Waals surface area contributed by atoms with Gasteiger partial charge in [0.15, 0.2) is 16.6 Å². The molecule has 0 aliphatic carbocycles. The first kappa shape index (κ1) is 14.3. The standard InChI is InChI=1S/C11H12IN5OS/c12-7-2-1-3-8(6-7)15-10(14)9-11(17-18-16-9)19-5-4-13/h1-3,6H,4-5,13H2,(H2,14,15). The molecule has 8 heteroatoms. The number of nitrogens with zero attached hydrogens (tertiary/aromatic N) is 3. The summed E-state index contributed by atoms with van der Waals surface area (Å²) < 4.78 is 5.79. The van der Waals surface area contributed by atoms with Crippen LogP contribution in [0.5, 0.6) is 0 Å². The highest BCUT2D eigenvalue weighted by Gasteiger charge is 2.14. The molecular weight excluding hydrogens is 377 g/mol. The Morgan fingerprint density at radius 1 is 1.42 bits per heavy atom. The van der Waals surface area contributed by atoms with Crippen LogP contribution in [0.3, 0.4) is 0 Å². The third kappa shape index (κ3) is 3.91. The van der Waals surface area contributed by atoms with Gasteiger partial charge in [0.25, 0.3) is 0 Å². The van der Waals surface area contributed by atoms with Gasteiger partial charge in [-0.05, 0) is 51.1 Å². The largest absolute Gasteiger partial charge is 0.382 e. The monoisotopic (exact) mass is 389 g/mol. The highest BCUT2D eigenvalue weighted by atomic mass is 127. The molecule has 4 N–H and O–H groups in total. The SMILES string of the molecule is NCCSc1nonc1C(N)=Nc1cccc(I)c1. The summed E-state index contributed by atoms with van der Waals surface area (Å²) in [6, 6.07) is 7.69. The molecule has 0 aliphatic heterocycles. The van der Waals surface area contributed by atoms with Gasteiger partial charge in [0.05, 0.1) is 5.69 Å². The lowest BCUT2D eigenvalue weighted by atomic mass is 10.3. The molecule has 1 aromatic heterocycles. The second kappa shape index (κ2) is 6.87. The lowest BCUT2D eigenvalue weighted by Crippen LogP contribution is -2.14. The molecule has 0 bridgehead atoms. The van der Waals surface area contributed by atoms with E-state index < -0.39 is 0 Å². The smallest absolute Gasteiger partial charge is 0.183 e. The maximum Gasteiger partial charge on any atom is 0.183 e. The third-order valence-electron chi connectivity index (χ3n) is 2.12. The number of hydrogen-bond donors (Lipinski definition) is 2. The summed E-state index contributed by atoms with van der Waals surface area (Å²) in [6.07, 6.45) is 0. The summed E-state index contributed by atoms with van der Waals surface area (Å²) in [5.74, 6) is 1.00. The fourth-order valence-corrected chi connectivity index (χ4v) is 2.53. The van der Waals surface area contributed by atoms with Gasteiger partial charge < -0.3 is 11.5 Å². The van der Waals surface area contributed by atoms with Gasteiger partial charge in [0.1, 0.15) is 0 Å². The van der Waals surface area contributed by atoms with Crippen LogP contribution in [-0.4, -0.2) is 28.4 Å². The van der Waals surface area contributed by atoms with Gasteiger partial charge in [-0.2, -0.15) is 0 Å². The van der Waals surface area contributed by atoms with E-state index in [0.29, 0.717) is 17.3 Å². The Kier molecular flexibility index (Phi) is 5.16. The van der Waals surface area contributed by atoms with Crippen molar-refractivity contribution in [2.45, 2.75) is 5.03 Å². The zero-order valence-electron chi connectivity index (χ0n) is 9.91. The highest BCUT2D eigenvalue weighted by molar-refractivity contribution is 14.1. The van der Waals surface area contributed by atoms with E-state index in [2.05, 4.69) is 37.9 Å². The van der Waals surface area contributed by atoms with Crippen molar-refractivity contribution in [3.63, 3.8) is 0 Å². The number of thioether (sulfide) groups is 1. The van der Waals surface area contributed by atoms with Crippen LogP contribution in [0.1, 0.15) is 5.69 Å². The quantitative estimate of drug-likeness (QED) is 0.350. The summed E-state index contributed by atoms with van der Waals surface area (Å²) in [5, 5.41) is 8.18. The van der Waals surface area contributed by atoms with Crippen molar-refractivity contribution in [1.82, 2.24) is 10.3 Å². The molecule has 2 rings (SSSR count). The fraction of sp³-hybridized carbons (Fsp3) is 0.182. The Labute approximate surface area is 128 Å². The minimum atomic E-state index is 0.280. The van der Waals surface area contributed by atoms with Crippen molar-refractivity contribution in [3.05, 3.63) is 33.5 Å². The van der Waals surface area contributed by atoms with Gasteiger partial charge in [0, 0.05) is 15.9 Å². The molecule has 0 saturated carbocycles. The molecule has 0 spiro atoms. The van der Waals surface area contributed by atoms with E-state index in [1.54, 1.807) is 0 Å². The molecule has 0 amide bonds. The first-order valence-corrected chi connectivity index (χ1v) is 7.52. The summed E-state index contributed by atoms with van der Waals surface area (Å²) in [6.45, 7) is 0.547. The normalized spacial score (nSPS) is 11.8. The number of halogens is 1. The van der Waals surface area contributed by atoms with E-state index in [0.717, 1.165) is 15.0 Å². The molecule has 6 nitrogen and oxygen atoms in total. The minimum absolute atomic E-state index is 0.280. The van der Waals surface area contributed by atoms with Gasteiger partial charge in [-0.3, -0.25) is 0 Å². The van der Waals surface area contributed by atoms with Crippen molar-refractivity contribution >= 4 is 45.9 Å². The van der Waals surface area contributed by atoms with E-state index >= 15 is 0 Å². The van der Waals surface area contributed by atoms with E-state index in [9.17, 15) is 0 Å². The van der Waals surface area contributed by atoms with E-state index in [1.807, 2.05) is 24.3 Å². The number of nitrogens with two attached hydrogens (primary N) is 2. The Morgan fingerprint density at radius 2 is 2.26 bits per heavy atom. The summed E-state index contributed by atoms with van der Waals surface area (Å²) >= 11 is 3.66. The zero-order valence-corrected chi connectivity index (χ0v) is 12.9. The molecule has 0 aliphatic rings. The average molecular weight is 389 g/mol. The Bertz CT molecular complexity index is 586. The van der Waals surface area contributed by atoms with Gasteiger partial charge >= 0.3 is 0 Å². The minimum Gasteiger partial charge on any atom is -0.382 e. The second-order valence-electron chi connectivity index (χ2n) is 3.53. The molecule has 0 saturated heterocycles. The molecule has 1 aromatic carbocycles. The lowest BCUT2D eigenvalue weighted by molar-refractivity contribution is 0.298. The van der Waals surface area contributed by atoms with Crippen molar-refractivity contribution in [2.75, 3.05) is 12.3 Å². The number of rotatable bonds is 5. The molecule has 0 radical (unpaired) electrons. The van der Waals surface area contributed by atoms with Crippen LogP contribution in [-0.2, 0) is 0 Å². The maximum absolute atomic E-state index is 5.93. The highest BCUT2D eigenvalue weighted by Crippen LogP contribution is 2.20. The predicted molar refractivity (Wildman–Crippen MR) is 83.6 cm³/mol. The Balaban J connectivity index is 2.23. The third-order valence-corrected chi connectivity index (χ3v) is 3.77. The van der Waals surface area contributed by atoms with Crippen LogP contribution in [0.4, 0.5) is 5.69 Å². The van der Waals surface area contributed by atoms with E-state index in [-0.39, 0.29) is 5.84 Å². The fourth-order valence-electron chi connectivity index (χ4n) is 1.32. The summed E-state index contributed by atoms with van der Waals surface area (Å²) in [4.78, 5) is 4.31. The molecular formula is C11H12IN5OS. The van der Waals surface area contributed by atoms with E-state index in [4.69, 9.17) is 16.1 Å². The topological polar surface area (TPSA) is 103 Å². The Morgan fingerprint density at radius 3 is 3.00 bits per heavy atom. The van der Waals surface area contributed by atoms with Gasteiger partial charge in [-0.15, -0.1) is 0 Å². The van der Waals surface area contributed by atoms with Crippen LogP contribution in [0.15, 0.2) is 38.9 Å². The van der Waals surface area contributed by atoms with E-state index in [1.165, 1.54) is 11.8 Å². The molecule has 0 atom stereocenters. The lowest BCUT2D eigenvalue weighted by Gasteiger charge is -1.99. The van der Waals surface area contributed by atoms with Crippen molar-refractivity contribution in [1.29, 1.82) is 0 Å².